The molecule has 0 aromatic rings. The third-order valence-corrected chi connectivity index (χ3v) is 1.21. The summed E-state index contributed by atoms with van der Waals surface area (Å²) in [4.78, 5) is 13.2. The lowest BCUT2D eigenvalue weighted by Gasteiger charge is -2.19. The molecule has 0 N–H and O–H groups in total. The van der Waals surface area contributed by atoms with Crippen molar-refractivity contribution in [2.24, 2.45) is 5.11 Å². The molecule has 0 rings (SSSR count). The molecule has 0 saturated heterocycles. The Kier molecular flexibility index (Phi) is 4.06. The zero-order valence-corrected chi connectivity index (χ0v) is 6.75. The van der Waals surface area contributed by atoms with Gasteiger partial charge in [-0.15, -0.1) is 0 Å². The predicted octanol–water partition coefficient (Wildman–Crippen LogP) is 1.67. The third-order valence-electron chi connectivity index (χ3n) is 1.21. The number of halogens is 3. The SMILES string of the molecule is CCN(CN=[N+]=[N-])C(=O)C(F)(F)F. The summed E-state index contributed by atoms with van der Waals surface area (Å²) in [5, 5.41) is 2.86. The maximum Gasteiger partial charge on any atom is 0.471 e. The quantitative estimate of drug-likeness (QED) is 0.384. The number of azide groups is 1. The molecule has 0 atom stereocenters. The third kappa shape index (κ3) is 3.66. The minimum atomic E-state index is -4.92. The first-order valence-corrected chi connectivity index (χ1v) is 3.30. The lowest BCUT2D eigenvalue weighted by atomic mass is 10.5. The standard InChI is InChI=1S/C5H7F3N4O/c1-2-12(3-10-11-9)4(13)5(6,7)8/h2-3H2,1H3. The van der Waals surface area contributed by atoms with Crippen LogP contribution in [0.15, 0.2) is 5.11 Å². The summed E-state index contributed by atoms with van der Waals surface area (Å²) in [7, 11) is 0. The van der Waals surface area contributed by atoms with Gasteiger partial charge in [0.15, 0.2) is 0 Å². The van der Waals surface area contributed by atoms with Crippen molar-refractivity contribution in [2.45, 2.75) is 13.1 Å². The summed E-state index contributed by atoms with van der Waals surface area (Å²) in [6.07, 6.45) is -4.92. The first kappa shape index (κ1) is 11.6. The van der Waals surface area contributed by atoms with Crippen LogP contribution >= 0.6 is 0 Å². The maximum atomic E-state index is 11.8. The molecule has 0 spiro atoms. The van der Waals surface area contributed by atoms with E-state index in [-0.39, 0.29) is 6.54 Å². The molecule has 0 unspecified atom stereocenters. The largest absolute Gasteiger partial charge is 0.471 e. The van der Waals surface area contributed by atoms with Gasteiger partial charge in [0.05, 0.1) is 6.67 Å². The van der Waals surface area contributed by atoms with Gasteiger partial charge >= 0.3 is 12.1 Å². The van der Waals surface area contributed by atoms with Crippen molar-refractivity contribution >= 4 is 5.91 Å². The van der Waals surface area contributed by atoms with Gasteiger partial charge in [0.2, 0.25) is 0 Å². The van der Waals surface area contributed by atoms with Crippen molar-refractivity contribution in [2.75, 3.05) is 13.2 Å². The van der Waals surface area contributed by atoms with Crippen molar-refractivity contribution in [1.82, 2.24) is 4.90 Å². The highest BCUT2D eigenvalue weighted by molar-refractivity contribution is 5.81. The van der Waals surface area contributed by atoms with Crippen LogP contribution in [0.3, 0.4) is 0 Å². The average Bonchev–Trinajstić information content (AvgIpc) is 2.04. The Morgan fingerprint density at radius 1 is 1.62 bits per heavy atom. The van der Waals surface area contributed by atoms with Crippen molar-refractivity contribution in [1.29, 1.82) is 0 Å². The summed E-state index contributed by atoms with van der Waals surface area (Å²) in [6.45, 7) is 0.596. The second kappa shape index (κ2) is 4.56. The monoisotopic (exact) mass is 196 g/mol. The molecule has 0 saturated carbocycles. The highest BCUT2D eigenvalue weighted by Crippen LogP contribution is 2.18. The molecule has 0 heterocycles. The topological polar surface area (TPSA) is 69.1 Å². The van der Waals surface area contributed by atoms with Crippen LogP contribution in [0, 0.1) is 0 Å². The molecule has 13 heavy (non-hydrogen) atoms. The molecule has 0 aromatic heterocycles. The predicted molar refractivity (Wildman–Crippen MR) is 37.5 cm³/mol. The Bertz CT molecular complexity index is 232. The normalized spacial score (nSPS) is 10.5. The first-order valence-electron chi connectivity index (χ1n) is 3.30. The second-order valence-electron chi connectivity index (χ2n) is 2.03. The Morgan fingerprint density at radius 2 is 2.15 bits per heavy atom. The van der Waals surface area contributed by atoms with Crippen molar-refractivity contribution < 1.29 is 18.0 Å². The molecule has 0 aliphatic rings. The van der Waals surface area contributed by atoms with E-state index in [1.807, 2.05) is 0 Å². The molecule has 74 valence electrons. The van der Waals surface area contributed by atoms with Crippen LogP contribution in [0.2, 0.25) is 0 Å². The van der Waals surface area contributed by atoms with Gasteiger partial charge in [0.1, 0.15) is 0 Å². The van der Waals surface area contributed by atoms with Gasteiger partial charge < -0.3 is 4.90 Å². The van der Waals surface area contributed by atoms with E-state index in [0.29, 0.717) is 4.90 Å². The minimum absolute atomic E-state index is 0.155. The van der Waals surface area contributed by atoms with Crippen LogP contribution in [-0.2, 0) is 4.79 Å². The Hall–Kier alpha value is -1.43. The Morgan fingerprint density at radius 3 is 2.46 bits per heavy atom. The number of hydrogen-bond acceptors (Lipinski definition) is 2. The molecule has 0 bridgehead atoms. The van der Waals surface area contributed by atoms with E-state index in [1.165, 1.54) is 6.92 Å². The lowest BCUT2D eigenvalue weighted by Crippen LogP contribution is -2.40. The molecule has 0 radical (unpaired) electrons. The van der Waals surface area contributed by atoms with Gasteiger partial charge in [-0.3, -0.25) is 4.79 Å². The van der Waals surface area contributed by atoms with Crippen molar-refractivity contribution in [3.8, 4) is 0 Å². The van der Waals surface area contributed by atoms with Gasteiger partial charge in [-0.2, -0.15) is 13.2 Å². The summed E-state index contributed by atoms with van der Waals surface area (Å²) in [5.74, 6) is -2.00. The van der Waals surface area contributed by atoms with Gasteiger partial charge in [-0.1, -0.05) is 5.11 Å². The fraction of sp³-hybridized carbons (Fsp3) is 0.800. The summed E-state index contributed by atoms with van der Waals surface area (Å²) in [6, 6.07) is 0. The fourth-order valence-electron chi connectivity index (χ4n) is 0.592. The van der Waals surface area contributed by atoms with Crippen LogP contribution < -0.4 is 0 Å². The number of hydrogen-bond donors (Lipinski definition) is 0. The number of carbonyl (C=O) groups excluding carboxylic acids is 1. The molecule has 1 amide bonds. The number of rotatable bonds is 3. The van der Waals surface area contributed by atoms with Crippen molar-refractivity contribution in [3.05, 3.63) is 10.4 Å². The van der Waals surface area contributed by atoms with Gasteiger partial charge in [0, 0.05) is 11.5 Å². The average molecular weight is 196 g/mol. The molecule has 0 fully saturated rings. The highest BCUT2D eigenvalue weighted by Gasteiger charge is 2.41. The summed E-state index contributed by atoms with van der Waals surface area (Å²) < 4.78 is 35.4. The van der Waals surface area contributed by atoms with E-state index in [4.69, 9.17) is 5.53 Å². The van der Waals surface area contributed by atoms with E-state index in [1.54, 1.807) is 0 Å². The molecular weight excluding hydrogens is 189 g/mol. The smallest absolute Gasteiger partial charge is 0.329 e. The van der Waals surface area contributed by atoms with E-state index in [0.717, 1.165) is 0 Å². The number of alkyl halides is 3. The van der Waals surface area contributed by atoms with Crippen LogP contribution in [0.4, 0.5) is 13.2 Å². The lowest BCUT2D eigenvalue weighted by molar-refractivity contribution is -0.185. The van der Waals surface area contributed by atoms with Crippen LogP contribution in [0.1, 0.15) is 6.92 Å². The molecule has 8 heteroatoms. The van der Waals surface area contributed by atoms with E-state index in [9.17, 15) is 18.0 Å². The first-order chi connectivity index (χ1) is 5.93. The number of amides is 1. The van der Waals surface area contributed by atoms with Gasteiger partial charge in [-0.05, 0) is 12.5 Å². The van der Waals surface area contributed by atoms with E-state index in [2.05, 4.69) is 10.0 Å². The van der Waals surface area contributed by atoms with E-state index < -0.39 is 18.8 Å². The Balaban J connectivity index is 4.41. The van der Waals surface area contributed by atoms with Crippen LogP contribution in [0.25, 0.3) is 10.4 Å². The molecular formula is C5H7F3N4O. The van der Waals surface area contributed by atoms with Crippen LogP contribution in [0.5, 0.6) is 0 Å². The van der Waals surface area contributed by atoms with Crippen molar-refractivity contribution in [3.63, 3.8) is 0 Å². The highest BCUT2D eigenvalue weighted by atomic mass is 19.4. The summed E-state index contributed by atoms with van der Waals surface area (Å²) in [5.41, 5.74) is 7.83. The molecule has 0 aliphatic carbocycles. The maximum absolute atomic E-state index is 11.8. The zero-order valence-electron chi connectivity index (χ0n) is 6.75. The van der Waals surface area contributed by atoms with Gasteiger partial charge in [-0.25, -0.2) is 0 Å². The molecule has 5 nitrogen and oxygen atoms in total. The fourth-order valence-corrected chi connectivity index (χ4v) is 0.592. The molecule has 0 aliphatic heterocycles. The molecule has 0 aromatic carbocycles. The minimum Gasteiger partial charge on any atom is -0.329 e. The second-order valence-corrected chi connectivity index (χ2v) is 2.03. The van der Waals surface area contributed by atoms with Crippen LogP contribution in [-0.4, -0.2) is 30.2 Å². The number of carbonyl (C=O) groups is 1. The summed E-state index contributed by atoms with van der Waals surface area (Å²) >= 11 is 0. The number of nitrogens with zero attached hydrogens (tertiary/aromatic N) is 4. The van der Waals surface area contributed by atoms with E-state index >= 15 is 0 Å². The van der Waals surface area contributed by atoms with Gasteiger partial charge in [0.25, 0.3) is 0 Å². The zero-order chi connectivity index (χ0) is 10.5. The Labute approximate surface area is 71.8 Å².